The molecule has 0 atom stereocenters. The smallest absolute Gasteiger partial charge is 0.231 e. The van der Waals surface area contributed by atoms with Crippen molar-refractivity contribution < 1.29 is 4.79 Å². The van der Waals surface area contributed by atoms with E-state index in [1.54, 1.807) is 12.4 Å². The summed E-state index contributed by atoms with van der Waals surface area (Å²) in [4.78, 5) is 18.7. The number of allylic oxidation sites excluding steroid dienone is 2. The number of anilines is 1. The summed E-state index contributed by atoms with van der Waals surface area (Å²) in [5.74, 6) is 0.261. The Kier molecular flexibility index (Phi) is 4.10. The Bertz CT molecular complexity index is 614. The van der Waals surface area contributed by atoms with E-state index in [2.05, 4.69) is 17.1 Å². The number of benzene rings is 1. The average molecular weight is 278 g/mol. The number of hydrogen-bond acceptors (Lipinski definition) is 2. The highest BCUT2D eigenvalue weighted by molar-refractivity contribution is 5.95. The van der Waals surface area contributed by atoms with Gasteiger partial charge in [-0.3, -0.25) is 9.78 Å². The van der Waals surface area contributed by atoms with E-state index in [-0.39, 0.29) is 11.8 Å². The molecule has 1 aromatic carbocycles. The van der Waals surface area contributed by atoms with E-state index >= 15 is 0 Å². The molecule has 0 radical (unpaired) electrons. The average Bonchev–Trinajstić information content (AvgIpc) is 3.08. The third kappa shape index (κ3) is 3.19. The highest BCUT2D eigenvalue weighted by Gasteiger charge is 2.26. The molecule has 0 saturated heterocycles. The number of amides is 1. The molecule has 3 rings (SSSR count). The van der Waals surface area contributed by atoms with Crippen molar-refractivity contribution in [2.75, 3.05) is 4.90 Å². The van der Waals surface area contributed by atoms with Crippen molar-refractivity contribution in [3.8, 4) is 0 Å². The lowest BCUT2D eigenvalue weighted by atomic mass is 10.0. The van der Waals surface area contributed by atoms with Gasteiger partial charge in [0.15, 0.2) is 0 Å². The third-order valence-electron chi connectivity index (χ3n) is 3.78. The van der Waals surface area contributed by atoms with Gasteiger partial charge in [-0.2, -0.15) is 0 Å². The number of rotatable bonds is 4. The van der Waals surface area contributed by atoms with Gasteiger partial charge in [-0.05, 0) is 30.5 Å². The molecular formula is C18H18N2O. The van der Waals surface area contributed by atoms with Crippen molar-refractivity contribution in [2.45, 2.75) is 19.4 Å². The van der Waals surface area contributed by atoms with Gasteiger partial charge in [0.25, 0.3) is 0 Å². The maximum atomic E-state index is 12.8. The first-order chi connectivity index (χ1) is 10.3. The van der Waals surface area contributed by atoms with Crippen LogP contribution in [-0.4, -0.2) is 10.9 Å². The van der Waals surface area contributed by atoms with E-state index in [1.165, 1.54) is 0 Å². The zero-order valence-electron chi connectivity index (χ0n) is 11.9. The maximum Gasteiger partial charge on any atom is 0.231 e. The van der Waals surface area contributed by atoms with Gasteiger partial charge in [-0.1, -0.05) is 42.5 Å². The first kappa shape index (κ1) is 13.6. The highest BCUT2D eigenvalue weighted by Crippen LogP contribution is 2.25. The minimum Gasteiger partial charge on any atom is -0.308 e. The van der Waals surface area contributed by atoms with Crippen LogP contribution in [-0.2, 0) is 11.3 Å². The van der Waals surface area contributed by atoms with Gasteiger partial charge in [0.2, 0.25) is 5.91 Å². The van der Waals surface area contributed by atoms with Crippen LogP contribution in [0.25, 0.3) is 0 Å². The molecule has 21 heavy (non-hydrogen) atoms. The Morgan fingerprint density at radius 3 is 2.38 bits per heavy atom. The fourth-order valence-corrected chi connectivity index (χ4v) is 2.63. The molecule has 0 aliphatic heterocycles. The zero-order chi connectivity index (χ0) is 14.5. The Balaban J connectivity index is 1.86. The van der Waals surface area contributed by atoms with Crippen LogP contribution in [0.3, 0.4) is 0 Å². The molecule has 0 saturated carbocycles. The SMILES string of the molecule is O=C(C1CC=CC1)N(Cc1ccccc1)c1ccncc1. The summed E-state index contributed by atoms with van der Waals surface area (Å²) in [6, 6.07) is 13.9. The van der Waals surface area contributed by atoms with E-state index in [0.29, 0.717) is 6.54 Å². The number of pyridine rings is 1. The second-order valence-electron chi connectivity index (χ2n) is 5.26. The minimum atomic E-state index is 0.0712. The molecule has 3 nitrogen and oxygen atoms in total. The monoisotopic (exact) mass is 278 g/mol. The van der Waals surface area contributed by atoms with Gasteiger partial charge in [0, 0.05) is 24.0 Å². The molecule has 3 heteroatoms. The molecular weight excluding hydrogens is 260 g/mol. The molecule has 1 amide bonds. The lowest BCUT2D eigenvalue weighted by molar-refractivity contribution is -0.122. The number of aromatic nitrogens is 1. The summed E-state index contributed by atoms with van der Waals surface area (Å²) in [5.41, 5.74) is 2.04. The van der Waals surface area contributed by atoms with Crippen molar-refractivity contribution in [3.05, 3.63) is 72.6 Å². The molecule has 0 unspecified atom stereocenters. The lowest BCUT2D eigenvalue weighted by Gasteiger charge is -2.26. The van der Waals surface area contributed by atoms with Crippen LogP contribution >= 0.6 is 0 Å². The molecule has 106 valence electrons. The second-order valence-corrected chi connectivity index (χ2v) is 5.26. The van der Waals surface area contributed by atoms with E-state index in [0.717, 1.165) is 24.1 Å². The Hall–Kier alpha value is -2.42. The van der Waals surface area contributed by atoms with Crippen LogP contribution < -0.4 is 4.90 Å². The van der Waals surface area contributed by atoms with E-state index in [1.807, 2.05) is 47.4 Å². The van der Waals surface area contributed by atoms with Gasteiger partial charge < -0.3 is 4.90 Å². The van der Waals surface area contributed by atoms with Gasteiger partial charge in [-0.15, -0.1) is 0 Å². The van der Waals surface area contributed by atoms with Gasteiger partial charge in [0.05, 0.1) is 6.54 Å². The van der Waals surface area contributed by atoms with Crippen LogP contribution in [0.1, 0.15) is 18.4 Å². The number of nitrogens with zero attached hydrogens (tertiary/aromatic N) is 2. The standard InChI is InChI=1S/C18H18N2O/c21-18(16-8-4-5-9-16)20(17-10-12-19-13-11-17)14-15-6-2-1-3-7-15/h1-7,10-13,16H,8-9,14H2. The largest absolute Gasteiger partial charge is 0.308 e. The van der Waals surface area contributed by atoms with Crippen molar-refractivity contribution in [1.29, 1.82) is 0 Å². The third-order valence-corrected chi connectivity index (χ3v) is 3.78. The fraction of sp³-hybridized carbons (Fsp3) is 0.222. The summed E-state index contributed by atoms with van der Waals surface area (Å²) in [6.45, 7) is 0.597. The topological polar surface area (TPSA) is 33.2 Å². The number of carbonyl (C=O) groups excluding carboxylic acids is 1. The summed E-state index contributed by atoms with van der Waals surface area (Å²) in [5, 5.41) is 0. The lowest BCUT2D eigenvalue weighted by Crippen LogP contribution is -2.35. The van der Waals surface area contributed by atoms with E-state index in [4.69, 9.17) is 0 Å². The van der Waals surface area contributed by atoms with Crippen molar-refractivity contribution in [2.24, 2.45) is 5.92 Å². The van der Waals surface area contributed by atoms with Crippen molar-refractivity contribution in [3.63, 3.8) is 0 Å². The summed E-state index contributed by atoms with van der Waals surface area (Å²) < 4.78 is 0. The van der Waals surface area contributed by atoms with Crippen molar-refractivity contribution in [1.82, 2.24) is 4.98 Å². The zero-order valence-corrected chi connectivity index (χ0v) is 11.9. The van der Waals surface area contributed by atoms with Gasteiger partial charge in [0.1, 0.15) is 0 Å². The van der Waals surface area contributed by atoms with Crippen LogP contribution in [0.2, 0.25) is 0 Å². The predicted octanol–water partition coefficient (Wildman–Crippen LogP) is 3.58. The van der Waals surface area contributed by atoms with Crippen molar-refractivity contribution >= 4 is 11.6 Å². The highest BCUT2D eigenvalue weighted by atomic mass is 16.2. The van der Waals surface area contributed by atoms with Crippen LogP contribution in [0.5, 0.6) is 0 Å². The molecule has 1 aromatic heterocycles. The van der Waals surface area contributed by atoms with Crippen LogP contribution in [0.15, 0.2) is 67.0 Å². The van der Waals surface area contributed by atoms with Gasteiger partial charge in [-0.25, -0.2) is 0 Å². The normalized spacial score (nSPS) is 14.3. The molecule has 0 N–H and O–H groups in total. The minimum absolute atomic E-state index is 0.0712. The Morgan fingerprint density at radius 1 is 1.05 bits per heavy atom. The first-order valence-electron chi connectivity index (χ1n) is 7.25. The summed E-state index contributed by atoms with van der Waals surface area (Å²) in [6.07, 6.45) is 9.33. The molecule has 2 aromatic rings. The van der Waals surface area contributed by atoms with E-state index in [9.17, 15) is 4.79 Å². The quantitative estimate of drug-likeness (QED) is 0.801. The Morgan fingerprint density at radius 2 is 1.71 bits per heavy atom. The number of hydrogen-bond donors (Lipinski definition) is 0. The summed E-state index contributed by atoms with van der Waals surface area (Å²) in [7, 11) is 0. The summed E-state index contributed by atoms with van der Waals surface area (Å²) >= 11 is 0. The van der Waals surface area contributed by atoms with Crippen LogP contribution in [0, 0.1) is 5.92 Å². The van der Waals surface area contributed by atoms with Gasteiger partial charge >= 0.3 is 0 Å². The first-order valence-corrected chi connectivity index (χ1v) is 7.25. The molecule has 1 aliphatic rings. The Labute approximate surface area is 124 Å². The molecule has 0 bridgehead atoms. The molecule has 1 heterocycles. The fourth-order valence-electron chi connectivity index (χ4n) is 2.63. The second kappa shape index (κ2) is 6.35. The molecule has 0 fully saturated rings. The molecule has 1 aliphatic carbocycles. The molecule has 0 spiro atoms. The van der Waals surface area contributed by atoms with Crippen LogP contribution in [0.4, 0.5) is 5.69 Å². The maximum absolute atomic E-state index is 12.8. The number of carbonyl (C=O) groups is 1. The predicted molar refractivity (Wildman–Crippen MR) is 83.7 cm³/mol. The van der Waals surface area contributed by atoms with E-state index < -0.39 is 0 Å².